The summed E-state index contributed by atoms with van der Waals surface area (Å²) in [5, 5.41) is 64.9. The van der Waals surface area contributed by atoms with Gasteiger partial charge in [0.1, 0.15) is 67.9 Å². The van der Waals surface area contributed by atoms with Gasteiger partial charge in [0.15, 0.2) is 0 Å². The molecule has 0 spiro atoms. The lowest BCUT2D eigenvalue weighted by Gasteiger charge is -2.35. The lowest BCUT2D eigenvalue weighted by Crippen LogP contribution is -2.48. The van der Waals surface area contributed by atoms with Crippen molar-refractivity contribution < 1.29 is 83.2 Å². The molecule has 2 aliphatic carbocycles. The minimum Gasteiger partial charge on any atom is -0.493 e. The molecule has 2 saturated carbocycles. The molecule has 122 heavy (non-hydrogen) atoms. The first-order chi connectivity index (χ1) is 59.1. The minimum absolute atomic E-state index is 0.00987. The first-order valence-corrected chi connectivity index (χ1v) is 41.8. The Morgan fingerprint density at radius 1 is 0.459 bits per heavy atom. The summed E-state index contributed by atoms with van der Waals surface area (Å²) < 4.78 is 29.5. The molecule has 1 atom stereocenters. The second-order valence-corrected chi connectivity index (χ2v) is 31.7. The molecule has 1 aromatic heterocycles. The molecule has 1 unspecified atom stereocenters. The highest BCUT2D eigenvalue weighted by Gasteiger charge is 2.29. The average Bonchev–Trinajstić information content (AvgIpc) is 0.830. The Labute approximate surface area is 711 Å². The molecule has 35 heteroatoms. The number of para-hydroxylation sites is 4. The summed E-state index contributed by atoms with van der Waals surface area (Å²) in [5.41, 5.74) is 6.75. The third kappa shape index (κ3) is 36.5. The van der Waals surface area contributed by atoms with E-state index in [4.69, 9.17) is 23.7 Å². The second-order valence-electron chi connectivity index (χ2n) is 31.7. The van der Waals surface area contributed by atoms with Crippen LogP contribution >= 0.6 is 0 Å². The SMILES string of the molecule is CC(C)(COc1ccccc1CN1CCN(C(=O)c2cccnc2)CC1)CO[N+](=O)[O-].O=[N+]([O-])OCCOc1cccc(CN2CCNCC2)c1.O=[N+]([O-])OCCc1cccc(CN2CCN(CC(O)COc3ccccc3)CC2)c1.O=[N+]([O-])OC[C@H]1CC[C@H](COc2ccccc2CNCc2ccccc2OC[C@H]2CC[C@H](CO[N+](=O)[O-])CC2)CC1. The van der Waals surface area contributed by atoms with E-state index in [1.165, 1.54) is 11.1 Å². The van der Waals surface area contributed by atoms with Crippen molar-refractivity contribution in [1.29, 1.82) is 0 Å². The van der Waals surface area contributed by atoms with Crippen LogP contribution in [0.25, 0.3) is 0 Å². The van der Waals surface area contributed by atoms with Crippen LogP contribution < -0.4 is 34.3 Å². The van der Waals surface area contributed by atoms with Crippen LogP contribution in [0.15, 0.2) is 176 Å². The van der Waals surface area contributed by atoms with Gasteiger partial charge in [0.05, 0.1) is 38.6 Å². The Morgan fingerprint density at radius 2 is 0.926 bits per heavy atom. The zero-order valence-electron chi connectivity index (χ0n) is 69.7. The summed E-state index contributed by atoms with van der Waals surface area (Å²) in [6, 6.07) is 52.9. The molecular weight excluding hydrogens is 1580 g/mol. The van der Waals surface area contributed by atoms with E-state index >= 15 is 0 Å². The molecule has 0 bridgehead atoms. The maximum atomic E-state index is 12.6. The molecule has 3 saturated heterocycles. The number of piperazine rings is 3. The van der Waals surface area contributed by atoms with Crippen molar-refractivity contribution in [2.75, 3.05) is 151 Å². The van der Waals surface area contributed by atoms with Crippen LogP contribution in [0.5, 0.6) is 28.7 Å². The van der Waals surface area contributed by atoms with Gasteiger partial charge in [-0.25, -0.2) is 0 Å². The molecule has 12 rings (SSSR count). The number of aliphatic hydroxyl groups is 1. The Bertz CT molecular complexity index is 4160. The molecule has 35 nitrogen and oxygen atoms in total. The number of pyridine rings is 1. The molecule has 5 fully saturated rings. The Morgan fingerprint density at radius 3 is 1.48 bits per heavy atom. The van der Waals surface area contributed by atoms with Crippen molar-refractivity contribution in [3.63, 3.8) is 0 Å². The van der Waals surface area contributed by atoms with Crippen molar-refractivity contribution in [2.24, 2.45) is 29.1 Å². The monoisotopic (exact) mass is 1700 g/mol. The van der Waals surface area contributed by atoms with Crippen molar-refractivity contribution in [3.05, 3.63) is 266 Å². The number of aliphatic hydroxyl groups excluding tert-OH is 1. The van der Waals surface area contributed by atoms with E-state index < -0.39 is 37.0 Å². The molecule has 3 N–H and O–H groups in total. The van der Waals surface area contributed by atoms with Crippen LogP contribution in [-0.2, 0) is 63.3 Å². The predicted octanol–water partition coefficient (Wildman–Crippen LogP) is 11.1. The van der Waals surface area contributed by atoms with Gasteiger partial charge >= 0.3 is 0 Å². The van der Waals surface area contributed by atoms with Gasteiger partial charge in [-0.15, -0.1) is 50.6 Å². The number of benzene rings is 6. The molecule has 662 valence electrons. The largest absolute Gasteiger partial charge is 0.493 e. The maximum absolute atomic E-state index is 12.6. The number of carbonyl (C=O) groups is 1. The lowest BCUT2D eigenvalue weighted by molar-refractivity contribution is -0.760. The van der Waals surface area contributed by atoms with Crippen LogP contribution in [0, 0.1) is 79.7 Å². The van der Waals surface area contributed by atoms with Crippen molar-refractivity contribution >= 4 is 5.91 Å². The van der Waals surface area contributed by atoms with Gasteiger partial charge in [0, 0.05) is 152 Å². The van der Waals surface area contributed by atoms with E-state index in [2.05, 4.69) is 89.7 Å². The third-order valence-electron chi connectivity index (χ3n) is 21.6. The summed E-state index contributed by atoms with van der Waals surface area (Å²) in [6.07, 6.45) is 10.9. The number of hydrogen-bond acceptors (Lipinski definition) is 29. The summed E-state index contributed by atoms with van der Waals surface area (Å²) in [7, 11) is 0. The van der Waals surface area contributed by atoms with Crippen molar-refractivity contribution in [3.8, 4) is 28.7 Å². The first kappa shape index (κ1) is 94.5. The second kappa shape index (κ2) is 52.1. The number of rotatable bonds is 43. The molecule has 4 heterocycles. The molecule has 3 aliphatic heterocycles. The van der Waals surface area contributed by atoms with Crippen LogP contribution in [0.1, 0.15) is 109 Å². The van der Waals surface area contributed by atoms with E-state index in [0.29, 0.717) is 88.7 Å². The molecule has 5 aliphatic rings. The van der Waals surface area contributed by atoms with Gasteiger partial charge in [0.2, 0.25) is 0 Å². The zero-order chi connectivity index (χ0) is 86.5. The van der Waals surface area contributed by atoms with Crippen LogP contribution in [-0.4, -0.2) is 223 Å². The highest BCUT2D eigenvalue weighted by molar-refractivity contribution is 5.94. The number of nitrogens with one attached hydrogen (secondary N) is 2. The fourth-order valence-electron chi connectivity index (χ4n) is 14.8. The predicted molar refractivity (Wildman–Crippen MR) is 451 cm³/mol. The van der Waals surface area contributed by atoms with Gasteiger partial charge in [0.25, 0.3) is 31.3 Å². The summed E-state index contributed by atoms with van der Waals surface area (Å²) in [6.45, 7) is 21.1. The van der Waals surface area contributed by atoms with E-state index in [1.54, 1.807) is 24.5 Å². The van der Waals surface area contributed by atoms with Gasteiger partial charge in [-0.1, -0.05) is 123 Å². The summed E-state index contributed by atoms with van der Waals surface area (Å²) >= 11 is 0. The van der Waals surface area contributed by atoms with Gasteiger partial charge in [-0.3, -0.25) is 29.4 Å². The third-order valence-corrected chi connectivity index (χ3v) is 21.6. The fourth-order valence-corrected chi connectivity index (χ4v) is 14.8. The Balaban J connectivity index is 0.000000190. The summed E-state index contributed by atoms with van der Waals surface area (Å²) in [4.78, 5) is 102. The standard InChI is InChI=1S/C30H41N3O8.C22H28N4O5.C22H29N3O5.C13H19N3O4/c34-32(35)40-21-25-13-9-23(10-14-25)19-38-29-7-3-1-5-27(29)17-31-18-28-6-2-4-8-30(28)39-20-24-11-15-26(16-12-24)22-41-33(36)37;1-22(2,17-31-26(28)29)16-30-20-8-4-3-6-19(20)15-24-10-12-25(13-11-24)21(27)18-7-5-9-23-14-18;26-21(18-29-22-7-2-1-3-8-22)17-24-12-10-23(11-13-24)16-20-6-4-5-19(15-20)9-14-30-25(27)28;17-16(18)20-9-8-19-13-3-1-2-12(10-13)11-15-6-4-14-5-7-15/h1-8,23-26,31H,9-22H2;3-9,14H,10-13,15-17H2,1-2H3;1-8,15,21,26H,9-14,16-18H2;1-3,10,14H,4-9,11H2/t23-,24-,25-,26-;;;. The van der Waals surface area contributed by atoms with E-state index in [0.717, 1.165) is 175 Å². The topological polar surface area (TPSA) is 398 Å². The number of amides is 1. The van der Waals surface area contributed by atoms with Crippen molar-refractivity contribution in [1.82, 2.24) is 40.1 Å². The van der Waals surface area contributed by atoms with Crippen LogP contribution in [0.3, 0.4) is 0 Å². The Kier molecular flexibility index (Phi) is 40.4. The number of carbonyl (C=O) groups excluding carboxylic acids is 1. The van der Waals surface area contributed by atoms with E-state index in [-0.39, 0.29) is 64.0 Å². The molecule has 1 amide bonds. The van der Waals surface area contributed by atoms with Crippen LogP contribution in [0.2, 0.25) is 0 Å². The highest BCUT2D eigenvalue weighted by Crippen LogP contribution is 2.33. The number of aromatic nitrogens is 1. The number of ether oxygens (including phenoxy) is 5. The van der Waals surface area contributed by atoms with E-state index in [1.807, 2.05) is 140 Å². The maximum Gasteiger partial charge on any atom is 0.294 e. The van der Waals surface area contributed by atoms with Crippen LogP contribution in [0.4, 0.5) is 0 Å². The number of hydrogen-bond donors (Lipinski definition) is 3. The number of β-amino-alcohol motifs (C(OH)–C–C–N with tert-alkyl or cyclic N) is 1. The molecule has 7 aromatic rings. The zero-order valence-corrected chi connectivity index (χ0v) is 69.7. The normalized spacial score (nSPS) is 17.9. The Hall–Kier alpha value is -11.3. The highest BCUT2D eigenvalue weighted by atomic mass is 17.0. The quantitative estimate of drug-likeness (QED) is 0.0181. The fraction of sp³-hybridized carbons (Fsp3) is 0.517. The smallest absolute Gasteiger partial charge is 0.294 e. The van der Waals surface area contributed by atoms with Gasteiger partial charge in [-0.05, 0) is 153 Å². The first-order valence-electron chi connectivity index (χ1n) is 41.8. The minimum atomic E-state index is -0.815. The van der Waals surface area contributed by atoms with Gasteiger partial charge in [-0.2, -0.15) is 0 Å². The molecular formula is C87H117N13O22. The van der Waals surface area contributed by atoms with E-state index in [9.17, 15) is 60.5 Å². The number of nitrogens with zero attached hydrogens (tertiary/aromatic N) is 11. The molecule has 0 radical (unpaired) electrons. The lowest BCUT2D eigenvalue weighted by atomic mass is 9.83. The van der Waals surface area contributed by atoms with Gasteiger partial charge < -0.3 is 68.5 Å². The molecule has 6 aromatic carbocycles. The van der Waals surface area contributed by atoms with Crippen molar-refractivity contribution in [2.45, 2.75) is 110 Å². The average molecular weight is 1700 g/mol. The summed E-state index contributed by atoms with van der Waals surface area (Å²) in [5.74, 6) is 5.38.